The number of carbonyl (C=O) groups excluding carboxylic acids is 1. The number of amides is 2. The molecule has 0 atom stereocenters. The minimum Gasteiger partial charge on any atom is -0.495 e. The summed E-state index contributed by atoms with van der Waals surface area (Å²) < 4.78 is 10.9. The molecule has 192 valence electrons. The van der Waals surface area contributed by atoms with Crippen molar-refractivity contribution in [2.45, 2.75) is 0 Å². The fraction of sp³-hybridized carbons (Fsp3) is 0.222. The van der Waals surface area contributed by atoms with E-state index in [0.717, 1.165) is 10.8 Å². The Labute approximate surface area is 214 Å². The van der Waals surface area contributed by atoms with Crippen molar-refractivity contribution in [2.24, 2.45) is 0 Å². The topological polar surface area (TPSA) is 125 Å². The molecule has 0 saturated carbocycles. The predicted molar refractivity (Wildman–Crippen MR) is 145 cm³/mol. The number of carbonyl (C=O) groups is 2. The first-order valence-electron chi connectivity index (χ1n) is 11.6. The fourth-order valence-corrected chi connectivity index (χ4v) is 4.08. The zero-order valence-electron chi connectivity index (χ0n) is 21.1. The number of nitrogens with zero attached hydrogens (tertiary/aromatic N) is 2. The van der Waals surface area contributed by atoms with Gasteiger partial charge in [0, 0.05) is 29.5 Å². The molecule has 37 heavy (non-hydrogen) atoms. The number of likely N-dealkylation sites (N-methyl/N-ethyl adjacent to an activating group) is 1. The minimum atomic E-state index is -1.20. The van der Waals surface area contributed by atoms with Gasteiger partial charge in [-0.3, -0.25) is 10.1 Å². The van der Waals surface area contributed by atoms with Gasteiger partial charge in [-0.2, -0.15) is 0 Å². The maximum Gasteiger partial charge on any atom is 0.409 e. The molecular formula is C27H29N5O5. The minimum absolute atomic E-state index is 0.225. The van der Waals surface area contributed by atoms with Crippen LogP contribution in [0.4, 0.5) is 21.9 Å². The normalized spacial score (nSPS) is 10.9. The second-order valence-electron chi connectivity index (χ2n) is 8.57. The van der Waals surface area contributed by atoms with Crippen LogP contribution in [0.3, 0.4) is 0 Å². The molecular weight excluding hydrogens is 474 g/mol. The number of fused-ring (bicyclic) bond motifs is 2. The first-order valence-corrected chi connectivity index (χ1v) is 11.6. The summed E-state index contributed by atoms with van der Waals surface area (Å²) in [4.78, 5) is 31.3. The van der Waals surface area contributed by atoms with Gasteiger partial charge in [0.25, 0.3) is 5.91 Å². The van der Waals surface area contributed by atoms with E-state index in [0.29, 0.717) is 58.2 Å². The summed E-state index contributed by atoms with van der Waals surface area (Å²) in [6.07, 6.45) is -1.20. The van der Waals surface area contributed by atoms with Gasteiger partial charge in [0.1, 0.15) is 17.0 Å². The number of methoxy groups -OCH3 is 2. The number of hydrogen-bond donors (Lipinski definition) is 4. The zero-order valence-corrected chi connectivity index (χ0v) is 21.1. The van der Waals surface area contributed by atoms with Gasteiger partial charge in [-0.05, 0) is 44.4 Å². The third-order valence-electron chi connectivity index (χ3n) is 5.82. The highest BCUT2D eigenvalue weighted by atomic mass is 16.5. The van der Waals surface area contributed by atoms with Crippen LogP contribution in [0, 0.1) is 0 Å². The Bertz CT molecular complexity index is 1470. The number of pyridine rings is 1. The number of para-hydroxylation sites is 2. The van der Waals surface area contributed by atoms with Crippen LogP contribution in [0.15, 0.2) is 54.6 Å². The van der Waals surface area contributed by atoms with Crippen molar-refractivity contribution in [2.75, 3.05) is 52.0 Å². The van der Waals surface area contributed by atoms with E-state index < -0.39 is 6.09 Å². The van der Waals surface area contributed by atoms with Crippen LogP contribution >= 0.6 is 0 Å². The number of carboxylic acid groups (broad SMARTS) is 1. The Kier molecular flexibility index (Phi) is 7.59. The third kappa shape index (κ3) is 5.49. The number of hydrogen-bond acceptors (Lipinski definition) is 7. The van der Waals surface area contributed by atoms with Gasteiger partial charge in [-0.1, -0.05) is 24.3 Å². The van der Waals surface area contributed by atoms with Gasteiger partial charge >= 0.3 is 6.09 Å². The number of aromatic nitrogens is 1. The van der Waals surface area contributed by atoms with Gasteiger partial charge in [0.2, 0.25) is 0 Å². The lowest BCUT2D eigenvalue weighted by molar-refractivity contribution is 0.0952. The Morgan fingerprint density at radius 1 is 0.946 bits per heavy atom. The van der Waals surface area contributed by atoms with E-state index in [1.165, 1.54) is 7.11 Å². The third-order valence-corrected chi connectivity index (χ3v) is 5.82. The molecule has 0 aliphatic rings. The van der Waals surface area contributed by atoms with E-state index in [2.05, 4.69) is 16.0 Å². The summed E-state index contributed by atoms with van der Waals surface area (Å²) >= 11 is 0. The molecule has 0 aliphatic carbocycles. The number of ether oxygens (including phenoxy) is 2. The van der Waals surface area contributed by atoms with E-state index in [-0.39, 0.29) is 5.91 Å². The smallest absolute Gasteiger partial charge is 0.409 e. The summed E-state index contributed by atoms with van der Waals surface area (Å²) in [5, 5.41) is 19.5. The molecule has 0 unspecified atom stereocenters. The summed E-state index contributed by atoms with van der Waals surface area (Å²) in [5.74, 6) is 0.724. The second kappa shape index (κ2) is 11.0. The average molecular weight is 504 g/mol. The van der Waals surface area contributed by atoms with E-state index in [1.807, 2.05) is 49.3 Å². The second-order valence-corrected chi connectivity index (χ2v) is 8.57. The molecule has 0 bridgehead atoms. The zero-order chi connectivity index (χ0) is 26.5. The van der Waals surface area contributed by atoms with Crippen molar-refractivity contribution < 1.29 is 24.2 Å². The first-order chi connectivity index (χ1) is 17.8. The first kappa shape index (κ1) is 25.5. The maximum absolute atomic E-state index is 13.1. The lowest BCUT2D eigenvalue weighted by Gasteiger charge is -2.18. The van der Waals surface area contributed by atoms with Gasteiger partial charge in [0.05, 0.1) is 36.7 Å². The van der Waals surface area contributed by atoms with Crippen LogP contribution in [0.5, 0.6) is 11.5 Å². The van der Waals surface area contributed by atoms with Crippen LogP contribution in [0.25, 0.3) is 21.8 Å². The standard InChI is InChI=1S/C27H29N5O5/c1-32(2)14-13-28-26(33)19-9-5-7-17-23(18-8-6-10-22(37-4)25(18)31-24(17)19)29-16-11-12-21(36-3)20(15-16)30-27(34)35/h5-12,15,30H,13-14H2,1-4H3,(H,28,33)(H,29,31)(H,34,35). The Balaban J connectivity index is 1.88. The number of rotatable bonds is 9. The van der Waals surface area contributed by atoms with E-state index in [9.17, 15) is 14.7 Å². The Morgan fingerprint density at radius 3 is 2.32 bits per heavy atom. The van der Waals surface area contributed by atoms with E-state index in [1.54, 1.807) is 31.4 Å². The average Bonchev–Trinajstić information content (AvgIpc) is 2.87. The predicted octanol–water partition coefficient (Wildman–Crippen LogP) is 4.53. The molecule has 4 N–H and O–H groups in total. The largest absolute Gasteiger partial charge is 0.495 e. The molecule has 3 aromatic carbocycles. The molecule has 0 fully saturated rings. The lowest BCUT2D eigenvalue weighted by atomic mass is 10.0. The van der Waals surface area contributed by atoms with Crippen molar-refractivity contribution in [1.29, 1.82) is 0 Å². The van der Waals surface area contributed by atoms with Crippen LogP contribution < -0.4 is 25.4 Å². The summed E-state index contributed by atoms with van der Waals surface area (Å²) in [6, 6.07) is 16.1. The van der Waals surface area contributed by atoms with Crippen molar-refractivity contribution >= 4 is 50.9 Å². The van der Waals surface area contributed by atoms with Crippen molar-refractivity contribution in [1.82, 2.24) is 15.2 Å². The summed E-state index contributed by atoms with van der Waals surface area (Å²) in [6.45, 7) is 1.20. The maximum atomic E-state index is 13.1. The van der Waals surface area contributed by atoms with Gasteiger partial charge in [-0.25, -0.2) is 9.78 Å². The lowest BCUT2D eigenvalue weighted by Crippen LogP contribution is -2.31. The number of nitrogens with one attached hydrogen (secondary N) is 3. The molecule has 1 aromatic heterocycles. The van der Waals surface area contributed by atoms with E-state index in [4.69, 9.17) is 14.5 Å². The summed E-state index contributed by atoms with van der Waals surface area (Å²) in [7, 11) is 6.93. The van der Waals surface area contributed by atoms with Crippen LogP contribution in [0.1, 0.15) is 10.4 Å². The van der Waals surface area contributed by atoms with Crippen LogP contribution in [-0.2, 0) is 0 Å². The van der Waals surface area contributed by atoms with Crippen molar-refractivity contribution in [3.05, 3.63) is 60.2 Å². The molecule has 4 aromatic rings. The van der Waals surface area contributed by atoms with Crippen LogP contribution in [0.2, 0.25) is 0 Å². The molecule has 10 nitrogen and oxygen atoms in total. The quantitative estimate of drug-likeness (QED) is 0.246. The van der Waals surface area contributed by atoms with Gasteiger partial charge < -0.3 is 30.1 Å². The molecule has 10 heteroatoms. The highest BCUT2D eigenvalue weighted by Gasteiger charge is 2.18. The molecule has 0 aliphatic heterocycles. The fourth-order valence-electron chi connectivity index (χ4n) is 4.08. The Hall–Kier alpha value is -4.57. The summed E-state index contributed by atoms with van der Waals surface area (Å²) in [5.41, 5.74) is 3.15. The molecule has 1 heterocycles. The number of benzene rings is 3. The van der Waals surface area contributed by atoms with Crippen LogP contribution in [-0.4, -0.2) is 68.4 Å². The van der Waals surface area contributed by atoms with Crippen molar-refractivity contribution in [3.8, 4) is 11.5 Å². The molecule has 0 radical (unpaired) electrons. The Morgan fingerprint density at radius 2 is 1.65 bits per heavy atom. The highest BCUT2D eigenvalue weighted by Crippen LogP contribution is 2.39. The molecule has 0 saturated heterocycles. The molecule has 0 spiro atoms. The van der Waals surface area contributed by atoms with Crippen molar-refractivity contribution in [3.63, 3.8) is 0 Å². The monoisotopic (exact) mass is 503 g/mol. The number of anilines is 3. The van der Waals surface area contributed by atoms with E-state index >= 15 is 0 Å². The SMILES string of the molecule is COc1ccc(Nc2c3cccc(OC)c3nc3c(C(=O)NCCN(C)C)cccc23)cc1NC(=O)O. The highest BCUT2D eigenvalue weighted by molar-refractivity contribution is 6.15. The van der Waals surface area contributed by atoms with Gasteiger partial charge in [-0.15, -0.1) is 0 Å². The molecule has 4 rings (SSSR count). The molecule has 2 amide bonds. The van der Waals surface area contributed by atoms with Gasteiger partial charge in [0.15, 0.2) is 0 Å².